The number of thiophene rings is 1. The summed E-state index contributed by atoms with van der Waals surface area (Å²) in [7, 11) is -3.70. The van der Waals surface area contributed by atoms with Crippen LogP contribution in [0.25, 0.3) is 0 Å². The van der Waals surface area contributed by atoms with E-state index >= 15 is 0 Å². The molecule has 0 spiro atoms. The van der Waals surface area contributed by atoms with Gasteiger partial charge in [0.25, 0.3) is 5.91 Å². The first-order chi connectivity index (χ1) is 9.77. The standard InChI is InChI=1S/C12H10BrClN2O3S2/c13-9-5-7(1-3-10(9)14)12(17)16-6-8-2-4-11(20-8)21(15,18)19/h1-5H,6H2,(H,16,17)(H2,15,18,19). The van der Waals surface area contributed by atoms with E-state index in [1.54, 1.807) is 24.3 Å². The predicted octanol–water partition coefficient (Wildman–Crippen LogP) is 2.74. The second-order valence-corrected chi connectivity index (χ2v) is 8.30. The summed E-state index contributed by atoms with van der Waals surface area (Å²) in [6.45, 7) is 0.221. The van der Waals surface area contributed by atoms with E-state index in [-0.39, 0.29) is 16.7 Å². The summed E-state index contributed by atoms with van der Waals surface area (Å²) in [6.07, 6.45) is 0. The Balaban J connectivity index is 2.04. The minimum atomic E-state index is -3.70. The second-order valence-electron chi connectivity index (χ2n) is 4.08. The molecule has 21 heavy (non-hydrogen) atoms. The Hall–Kier alpha value is -0.930. The molecule has 1 aromatic heterocycles. The van der Waals surface area contributed by atoms with Crippen molar-refractivity contribution >= 4 is 54.8 Å². The maximum Gasteiger partial charge on any atom is 0.251 e. The summed E-state index contributed by atoms with van der Waals surface area (Å²) < 4.78 is 23.0. The van der Waals surface area contributed by atoms with Crippen LogP contribution in [0.5, 0.6) is 0 Å². The fourth-order valence-corrected chi connectivity index (χ4v) is 3.73. The Morgan fingerprint density at radius 3 is 2.62 bits per heavy atom. The van der Waals surface area contributed by atoms with E-state index in [4.69, 9.17) is 16.7 Å². The molecule has 0 atom stereocenters. The monoisotopic (exact) mass is 408 g/mol. The summed E-state index contributed by atoms with van der Waals surface area (Å²) in [4.78, 5) is 12.7. The number of nitrogens with two attached hydrogens (primary N) is 1. The summed E-state index contributed by atoms with van der Waals surface area (Å²) in [6, 6.07) is 7.86. The molecule has 0 fully saturated rings. The number of carbonyl (C=O) groups excluding carboxylic acids is 1. The molecule has 0 aliphatic heterocycles. The number of amides is 1. The Morgan fingerprint density at radius 1 is 1.33 bits per heavy atom. The number of hydrogen-bond acceptors (Lipinski definition) is 4. The minimum Gasteiger partial charge on any atom is -0.347 e. The average Bonchev–Trinajstić information content (AvgIpc) is 2.88. The van der Waals surface area contributed by atoms with Crippen LogP contribution in [0, 0.1) is 0 Å². The number of carbonyl (C=O) groups is 1. The lowest BCUT2D eigenvalue weighted by molar-refractivity contribution is 0.0951. The number of hydrogen-bond donors (Lipinski definition) is 2. The highest BCUT2D eigenvalue weighted by Crippen LogP contribution is 2.23. The van der Waals surface area contributed by atoms with Crippen molar-refractivity contribution in [2.45, 2.75) is 10.8 Å². The van der Waals surface area contributed by atoms with Crippen LogP contribution in [-0.2, 0) is 16.6 Å². The quantitative estimate of drug-likeness (QED) is 0.813. The lowest BCUT2D eigenvalue weighted by Gasteiger charge is -2.05. The Labute approximate surface area is 139 Å². The van der Waals surface area contributed by atoms with Crippen LogP contribution >= 0.6 is 38.9 Å². The molecule has 2 aromatic rings. The first-order valence-electron chi connectivity index (χ1n) is 5.62. The van der Waals surface area contributed by atoms with Crippen LogP contribution in [0.2, 0.25) is 5.02 Å². The molecule has 112 valence electrons. The van der Waals surface area contributed by atoms with E-state index < -0.39 is 10.0 Å². The first kappa shape index (κ1) is 16.4. The third-order valence-electron chi connectivity index (χ3n) is 2.52. The summed E-state index contributed by atoms with van der Waals surface area (Å²) in [5.41, 5.74) is 0.453. The molecule has 0 bridgehead atoms. The van der Waals surface area contributed by atoms with Crippen LogP contribution in [0.15, 0.2) is 39.0 Å². The van der Waals surface area contributed by atoms with Crippen molar-refractivity contribution in [1.29, 1.82) is 0 Å². The molecule has 9 heteroatoms. The molecule has 3 N–H and O–H groups in total. The zero-order valence-corrected chi connectivity index (χ0v) is 14.4. The highest BCUT2D eigenvalue weighted by molar-refractivity contribution is 9.10. The summed E-state index contributed by atoms with van der Waals surface area (Å²) in [5.74, 6) is -0.280. The SMILES string of the molecule is NS(=O)(=O)c1ccc(CNC(=O)c2ccc(Cl)c(Br)c2)s1. The van der Waals surface area contributed by atoms with Gasteiger partial charge in [0.1, 0.15) is 4.21 Å². The van der Waals surface area contributed by atoms with Gasteiger partial charge < -0.3 is 5.32 Å². The largest absolute Gasteiger partial charge is 0.347 e. The molecule has 5 nitrogen and oxygen atoms in total. The van der Waals surface area contributed by atoms with Gasteiger partial charge in [0.15, 0.2) is 0 Å². The van der Waals surface area contributed by atoms with Crippen LogP contribution in [0.4, 0.5) is 0 Å². The fraction of sp³-hybridized carbons (Fsp3) is 0.0833. The summed E-state index contributed by atoms with van der Waals surface area (Å²) in [5, 5.41) is 8.24. The molecule has 1 amide bonds. The predicted molar refractivity (Wildman–Crippen MR) is 86.0 cm³/mol. The smallest absolute Gasteiger partial charge is 0.251 e. The third-order valence-corrected chi connectivity index (χ3v) is 6.26. The number of rotatable bonds is 4. The number of sulfonamides is 1. The number of nitrogens with one attached hydrogen (secondary N) is 1. The van der Waals surface area contributed by atoms with Gasteiger partial charge in [-0.05, 0) is 46.3 Å². The minimum absolute atomic E-state index is 0.0704. The van der Waals surface area contributed by atoms with Crippen molar-refractivity contribution in [1.82, 2.24) is 5.32 Å². The van der Waals surface area contributed by atoms with Crippen LogP contribution in [0.3, 0.4) is 0 Å². The van der Waals surface area contributed by atoms with Gasteiger partial charge in [0, 0.05) is 14.9 Å². The van der Waals surface area contributed by atoms with Crippen molar-refractivity contribution in [3.63, 3.8) is 0 Å². The molecular formula is C12H10BrClN2O3S2. The van der Waals surface area contributed by atoms with E-state index in [1.807, 2.05) is 0 Å². The van der Waals surface area contributed by atoms with Gasteiger partial charge in [-0.25, -0.2) is 13.6 Å². The number of halogens is 2. The molecule has 0 aliphatic rings. The zero-order valence-electron chi connectivity index (χ0n) is 10.5. The molecule has 1 aromatic carbocycles. The van der Waals surface area contributed by atoms with Crippen LogP contribution in [-0.4, -0.2) is 14.3 Å². The van der Waals surface area contributed by atoms with Crippen molar-refractivity contribution in [3.8, 4) is 0 Å². The van der Waals surface area contributed by atoms with Gasteiger partial charge >= 0.3 is 0 Å². The lowest BCUT2D eigenvalue weighted by Crippen LogP contribution is -2.22. The summed E-state index contributed by atoms with van der Waals surface area (Å²) >= 11 is 10.1. The molecule has 0 radical (unpaired) electrons. The molecule has 0 unspecified atom stereocenters. The molecule has 0 saturated carbocycles. The van der Waals surface area contributed by atoms with E-state index in [9.17, 15) is 13.2 Å². The maximum absolute atomic E-state index is 12.0. The van der Waals surface area contributed by atoms with Gasteiger partial charge in [0.2, 0.25) is 10.0 Å². The van der Waals surface area contributed by atoms with E-state index in [2.05, 4.69) is 21.2 Å². The van der Waals surface area contributed by atoms with Crippen molar-refractivity contribution in [2.24, 2.45) is 5.14 Å². The van der Waals surface area contributed by atoms with E-state index in [0.29, 0.717) is 19.9 Å². The van der Waals surface area contributed by atoms with Crippen molar-refractivity contribution in [2.75, 3.05) is 0 Å². The first-order valence-corrected chi connectivity index (χ1v) is 9.15. The molecule has 2 rings (SSSR count). The van der Waals surface area contributed by atoms with Crippen molar-refractivity contribution in [3.05, 3.63) is 50.3 Å². The molecular weight excluding hydrogens is 400 g/mol. The van der Waals surface area contributed by atoms with Gasteiger partial charge in [-0.3, -0.25) is 4.79 Å². The Morgan fingerprint density at radius 2 is 2.05 bits per heavy atom. The Bertz CT molecular complexity index is 790. The van der Waals surface area contributed by atoms with Crippen LogP contribution in [0.1, 0.15) is 15.2 Å². The van der Waals surface area contributed by atoms with Gasteiger partial charge in [-0.15, -0.1) is 11.3 Å². The highest BCUT2D eigenvalue weighted by atomic mass is 79.9. The van der Waals surface area contributed by atoms with Crippen LogP contribution < -0.4 is 10.5 Å². The second kappa shape index (κ2) is 6.45. The van der Waals surface area contributed by atoms with Gasteiger partial charge in [-0.1, -0.05) is 11.6 Å². The number of benzene rings is 1. The topological polar surface area (TPSA) is 89.3 Å². The van der Waals surface area contributed by atoms with Gasteiger partial charge in [0.05, 0.1) is 11.6 Å². The molecule has 1 heterocycles. The van der Waals surface area contributed by atoms with Gasteiger partial charge in [-0.2, -0.15) is 0 Å². The van der Waals surface area contributed by atoms with E-state index in [0.717, 1.165) is 11.3 Å². The maximum atomic E-state index is 12.0. The zero-order chi connectivity index (χ0) is 15.6. The highest BCUT2D eigenvalue weighted by Gasteiger charge is 2.12. The molecule has 0 aliphatic carbocycles. The number of primary sulfonamides is 1. The third kappa shape index (κ3) is 4.27. The normalized spacial score (nSPS) is 11.4. The Kier molecular flexibility index (Phi) is 5.05. The van der Waals surface area contributed by atoms with E-state index in [1.165, 1.54) is 6.07 Å². The average molecular weight is 410 g/mol. The fourth-order valence-electron chi connectivity index (χ4n) is 1.51. The van der Waals surface area contributed by atoms with Crippen molar-refractivity contribution < 1.29 is 13.2 Å². The molecule has 0 saturated heterocycles. The lowest BCUT2D eigenvalue weighted by atomic mass is 10.2.